The van der Waals surface area contributed by atoms with E-state index in [0.717, 1.165) is 26.1 Å². The van der Waals surface area contributed by atoms with Crippen LogP contribution in [0.2, 0.25) is 0 Å². The normalized spacial score (nSPS) is 13.2. The lowest BCUT2D eigenvalue weighted by Gasteiger charge is -2.30. The molecular weight excluding hydrogens is 334 g/mol. The molecule has 0 fully saturated rings. The maximum absolute atomic E-state index is 9.45. The van der Waals surface area contributed by atoms with Crippen LogP contribution in [0.3, 0.4) is 0 Å². The second-order valence-electron chi connectivity index (χ2n) is 7.01. The first-order valence-electron chi connectivity index (χ1n) is 9.99. The summed E-state index contributed by atoms with van der Waals surface area (Å²) in [5, 5.41) is 9.45. The molecule has 0 radical (unpaired) electrons. The summed E-state index contributed by atoms with van der Waals surface area (Å²) < 4.78 is 0.307. The monoisotopic (exact) mass is 371 g/mol. The summed E-state index contributed by atoms with van der Waals surface area (Å²) in [4.78, 5) is 4.91. The minimum Gasteiger partial charge on any atom is -1.00 e. The summed E-state index contributed by atoms with van der Waals surface area (Å²) in [6.07, 6.45) is 13.3. The zero-order valence-corrected chi connectivity index (χ0v) is 17.0. The van der Waals surface area contributed by atoms with Crippen molar-refractivity contribution in [3.63, 3.8) is 0 Å². The highest BCUT2D eigenvalue weighted by Gasteiger charge is 2.28. The molecule has 25 heavy (non-hydrogen) atoms. The van der Waals surface area contributed by atoms with Gasteiger partial charge in [-0.15, -0.1) is 4.65 Å². The lowest BCUT2D eigenvalue weighted by molar-refractivity contribution is -1.16. The average molecular weight is 372 g/mol. The Morgan fingerprint density at radius 2 is 1.32 bits per heavy atom. The summed E-state index contributed by atoms with van der Waals surface area (Å²) in [7, 11) is 0. The Labute approximate surface area is 161 Å². The van der Waals surface area contributed by atoms with Crippen LogP contribution in [0.15, 0.2) is 30.3 Å². The zero-order chi connectivity index (χ0) is 17.5. The lowest BCUT2D eigenvalue weighted by atomic mass is 10.1. The fraction of sp³-hybridized carbons (Fsp3) is 0.714. The van der Waals surface area contributed by atoms with Crippen molar-refractivity contribution in [2.75, 3.05) is 13.1 Å². The minimum atomic E-state index is 0. The Morgan fingerprint density at radius 3 is 1.80 bits per heavy atom. The predicted molar refractivity (Wildman–Crippen MR) is 101 cm³/mol. The molecule has 1 aromatic rings. The number of benzene rings is 1. The fourth-order valence-electron chi connectivity index (χ4n) is 3.28. The van der Waals surface area contributed by atoms with Crippen LogP contribution in [0.1, 0.15) is 83.6 Å². The number of halogens is 1. The second kappa shape index (κ2) is 15.6. The van der Waals surface area contributed by atoms with E-state index < -0.39 is 0 Å². The predicted octanol–water partition coefficient (Wildman–Crippen LogP) is 3.35. The van der Waals surface area contributed by atoms with Crippen LogP contribution in [-0.4, -0.2) is 23.0 Å². The standard InChI is InChI=1S/C21H37NO2.ClH/c1-3-5-6-7-8-9-10-11-12-16-19-22(4-2,24-23)20-21-17-14-13-15-18-21;/h13-15,17-18H,3-12,16,19-20H2,1-2H3;1H. The Kier molecular flexibility index (Phi) is 15.2. The molecule has 1 aromatic carbocycles. The number of unbranched alkanes of at least 4 members (excludes halogenated alkanes) is 9. The Morgan fingerprint density at radius 1 is 0.800 bits per heavy atom. The van der Waals surface area contributed by atoms with Gasteiger partial charge in [-0.3, -0.25) is 0 Å². The molecule has 0 aliphatic carbocycles. The van der Waals surface area contributed by atoms with Crippen LogP contribution in [0.5, 0.6) is 0 Å². The molecule has 0 bridgehead atoms. The van der Waals surface area contributed by atoms with E-state index in [1.807, 2.05) is 18.2 Å². The lowest BCUT2D eigenvalue weighted by Crippen LogP contribution is -3.00. The Balaban J connectivity index is 0.00000576. The van der Waals surface area contributed by atoms with Crippen LogP contribution in [0.4, 0.5) is 0 Å². The first-order valence-corrected chi connectivity index (χ1v) is 9.99. The molecule has 0 saturated carbocycles. The van der Waals surface area contributed by atoms with Crippen molar-refractivity contribution in [3.05, 3.63) is 35.9 Å². The number of quaternary nitrogens is 1. The Hall–Kier alpha value is -0.610. The van der Waals surface area contributed by atoms with E-state index in [0.29, 0.717) is 4.65 Å². The summed E-state index contributed by atoms with van der Waals surface area (Å²) in [6, 6.07) is 10.3. The van der Waals surface area contributed by atoms with Gasteiger partial charge in [-0.2, -0.15) is 0 Å². The van der Waals surface area contributed by atoms with E-state index in [1.54, 1.807) is 0 Å². The minimum absolute atomic E-state index is 0. The summed E-state index contributed by atoms with van der Waals surface area (Å²) in [5.41, 5.74) is 1.21. The number of hydrogen-bond donors (Lipinski definition) is 1. The van der Waals surface area contributed by atoms with Crippen molar-refractivity contribution < 1.29 is 27.3 Å². The second-order valence-corrected chi connectivity index (χ2v) is 7.01. The molecule has 146 valence electrons. The van der Waals surface area contributed by atoms with E-state index in [1.165, 1.54) is 63.4 Å². The molecule has 0 heterocycles. The molecule has 0 aromatic heterocycles. The molecule has 1 atom stereocenters. The molecule has 0 aliphatic heterocycles. The first-order chi connectivity index (χ1) is 11.8. The van der Waals surface area contributed by atoms with E-state index in [-0.39, 0.29) is 12.4 Å². The van der Waals surface area contributed by atoms with Gasteiger partial charge in [0.05, 0.1) is 0 Å². The van der Waals surface area contributed by atoms with Gasteiger partial charge in [-0.1, -0.05) is 88.6 Å². The van der Waals surface area contributed by atoms with E-state index in [4.69, 9.17) is 4.99 Å². The van der Waals surface area contributed by atoms with E-state index in [2.05, 4.69) is 26.0 Å². The van der Waals surface area contributed by atoms with Crippen LogP contribution in [0, 0.1) is 0 Å². The topological polar surface area (TPSA) is 29.5 Å². The van der Waals surface area contributed by atoms with Crippen molar-refractivity contribution in [2.45, 2.75) is 84.6 Å². The van der Waals surface area contributed by atoms with Crippen LogP contribution in [0.25, 0.3) is 0 Å². The molecule has 1 N–H and O–H groups in total. The van der Waals surface area contributed by atoms with Crippen LogP contribution in [-0.2, 0) is 11.5 Å². The quantitative estimate of drug-likeness (QED) is 0.222. The van der Waals surface area contributed by atoms with Crippen molar-refractivity contribution in [2.24, 2.45) is 0 Å². The van der Waals surface area contributed by atoms with Gasteiger partial charge >= 0.3 is 0 Å². The molecule has 0 amide bonds. The highest BCUT2D eigenvalue weighted by atomic mass is 35.5. The molecule has 4 heteroatoms. The first kappa shape index (κ1) is 24.4. The largest absolute Gasteiger partial charge is 1.00 e. The molecule has 1 rings (SSSR count). The van der Waals surface area contributed by atoms with Gasteiger partial charge in [0.2, 0.25) is 0 Å². The SMILES string of the molecule is CCCCCCCCCCCC[N+](CC)(Cc1ccccc1)OO.[Cl-]. The van der Waals surface area contributed by atoms with Crippen LogP contribution >= 0.6 is 0 Å². The third kappa shape index (κ3) is 10.9. The molecule has 0 saturated heterocycles. The maximum Gasteiger partial charge on any atom is 0.137 e. The number of nitrogens with zero attached hydrogens (tertiary/aromatic N) is 1. The van der Waals surface area contributed by atoms with Gasteiger partial charge in [0.25, 0.3) is 0 Å². The number of hydroxylamine groups is 3. The van der Waals surface area contributed by atoms with Gasteiger partial charge in [-0.05, 0) is 24.8 Å². The molecule has 0 aliphatic rings. The third-order valence-corrected chi connectivity index (χ3v) is 4.98. The van der Waals surface area contributed by atoms with Gasteiger partial charge in [0.1, 0.15) is 19.6 Å². The van der Waals surface area contributed by atoms with Crippen molar-refractivity contribution >= 4 is 0 Å². The molecule has 3 nitrogen and oxygen atoms in total. The fourth-order valence-corrected chi connectivity index (χ4v) is 3.28. The summed E-state index contributed by atoms with van der Waals surface area (Å²) in [5.74, 6) is 0. The van der Waals surface area contributed by atoms with Gasteiger partial charge in [0.15, 0.2) is 0 Å². The molecular formula is C21H38ClNO2. The van der Waals surface area contributed by atoms with E-state index in [9.17, 15) is 5.26 Å². The summed E-state index contributed by atoms with van der Waals surface area (Å²) in [6.45, 7) is 6.73. The highest BCUT2D eigenvalue weighted by Crippen LogP contribution is 2.18. The van der Waals surface area contributed by atoms with Gasteiger partial charge < -0.3 is 12.4 Å². The maximum atomic E-state index is 9.45. The van der Waals surface area contributed by atoms with Gasteiger partial charge in [0, 0.05) is 5.56 Å². The number of rotatable bonds is 15. The smallest absolute Gasteiger partial charge is 0.137 e. The zero-order valence-electron chi connectivity index (χ0n) is 16.3. The van der Waals surface area contributed by atoms with Gasteiger partial charge in [-0.25, -0.2) is 5.26 Å². The van der Waals surface area contributed by atoms with Crippen LogP contribution < -0.4 is 12.4 Å². The Bertz CT molecular complexity index is 396. The van der Waals surface area contributed by atoms with Crippen molar-refractivity contribution in [1.82, 2.24) is 0 Å². The third-order valence-electron chi connectivity index (χ3n) is 4.98. The summed E-state index contributed by atoms with van der Waals surface area (Å²) >= 11 is 0. The number of hydrogen-bond acceptors (Lipinski definition) is 2. The molecule has 1 unspecified atom stereocenters. The molecule has 0 spiro atoms. The highest BCUT2D eigenvalue weighted by molar-refractivity contribution is 5.13. The van der Waals surface area contributed by atoms with Crippen molar-refractivity contribution in [3.8, 4) is 0 Å². The van der Waals surface area contributed by atoms with Crippen molar-refractivity contribution in [1.29, 1.82) is 0 Å². The average Bonchev–Trinajstić information content (AvgIpc) is 2.63. The van der Waals surface area contributed by atoms with E-state index >= 15 is 0 Å².